The number of carbonyl (C=O) groups excluding carboxylic acids is 1. The lowest BCUT2D eigenvalue weighted by Gasteiger charge is -2.11. The van der Waals surface area contributed by atoms with Crippen LogP contribution in [0.2, 0.25) is 0 Å². The predicted molar refractivity (Wildman–Crippen MR) is 96.8 cm³/mol. The highest BCUT2D eigenvalue weighted by Gasteiger charge is 2.28. The van der Waals surface area contributed by atoms with E-state index in [9.17, 15) is 9.18 Å². The van der Waals surface area contributed by atoms with Gasteiger partial charge >= 0.3 is 0 Å². The zero-order valence-electron chi connectivity index (χ0n) is 14.0. The molecule has 1 aliphatic carbocycles. The second-order valence-corrected chi connectivity index (χ2v) is 6.72. The van der Waals surface area contributed by atoms with Crippen molar-refractivity contribution in [1.82, 2.24) is 16.0 Å². The Hall–Kier alpha value is -1.76. The molecule has 0 unspecified atom stereocenters. The predicted octanol–water partition coefficient (Wildman–Crippen LogP) is 2.00. The summed E-state index contributed by atoms with van der Waals surface area (Å²) < 4.78 is 12.8. The van der Waals surface area contributed by atoms with E-state index in [0.29, 0.717) is 13.1 Å². The van der Waals surface area contributed by atoms with Gasteiger partial charge in [0.05, 0.1) is 6.54 Å². The molecule has 0 heterocycles. The number of halogens is 1. The lowest BCUT2D eigenvalue weighted by Crippen LogP contribution is -2.39. The zero-order chi connectivity index (χ0) is 17.2. The number of guanidine groups is 1. The fraction of sp³-hybridized carbons (Fsp3) is 0.529. The molecular formula is C17H25FN4OS. The monoisotopic (exact) mass is 352 g/mol. The van der Waals surface area contributed by atoms with Gasteiger partial charge in [0.25, 0.3) is 0 Å². The number of rotatable bonds is 9. The van der Waals surface area contributed by atoms with Crippen molar-refractivity contribution in [3.63, 3.8) is 0 Å². The topological polar surface area (TPSA) is 65.5 Å². The maximum Gasteiger partial charge on any atom is 0.223 e. The van der Waals surface area contributed by atoms with Crippen LogP contribution < -0.4 is 16.0 Å². The van der Waals surface area contributed by atoms with E-state index in [0.717, 1.165) is 42.5 Å². The van der Waals surface area contributed by atoms with E-state index in [2.05, 4.69) is 20.9 Å². The van der Waals surface area contributed by atoms with E-state index in [1.807, 2.05) is 6.92 Å². The summed E-state index contributed by atoms with van der Waals surface area (Å²) in [5.74, 6) is 1.78. The molecule has 0 aromatic heterocycles. The fourth-order valence-electron chi connectivity index (χ4n) is 2.05. The summed E-state index contributed by atoms with van der Waals surface area (Å²) in [6, 6.07) is 6.50. The number of benzene rings is 1. The molecule has 1 aromatic carbocycles. The van der Waals surface area contributed by atoms with Gasteiger partial charge < -0.3 is 16.0 Å². The van der Waals surface area contributed by atoms with Gasteiger partial charge in [-0.1, -0.05) is 0 Å². The minimum Gasteiger partial charge on any atom is -0.357 e. The Morgan fingerprint density at radius 3 is 2.62 bits per heavy atom. The van der Waals surface area contributed by atoms with Gasteiger partial charge in [0.15, 0.2) is 5.96 Å². The van der Waals surface area contributed by atoms with Crippen LogP contribution in [-0.4, -0.2) is 43.8 Å². The summed E-state index contributed by atoms with van der Waals surface area (Å²) in [6.45, 7) is 4.67. The first-order valence-corrected chi connectivity index (χ1v) is 9.36. The van der Waals surface area contributed by atoms with Crippen molar-refractivity contribution < 1.29 is 9.18 Å². The highest BCUT2D eigenvalue weighted by molar-refractivity contribution is 7.99. The van der Waals surface area contributed by atoms with Gasteiger partial charge in [0.1, 0.15) is 5.82 Å². The summed E-state index contributed by atoms with van der Waals surface area (Å²) >= 11 is 1.66. The molecule has 24 heavy (non-hydrogen) atoms. The number of thioether (sulfide) groups is 1. The third-order valence-electron chi connectivity index (χ3n) is 3.45. The average molecular weight is 352 g/mol. The van der Waals surface area contributed by atoms with E-state index in [1.54, 1.807) is 23.9 Å². The van der Waals surface area contributed by atoms with Crippen molar-refractivity contribution in [3.8, 4) is 0 Å². The molecular weight excluding hydrogens is 327 g/mol. The highest BCUT2D eigenvalue weighted by Crippen LogP contribution is 2.28. The third kappa shape index (κ3) is 7.21. The molecule has 1 saturated carbocycles. The molecule has 0 atom stereocenters. The van der Waals surface area contributed by atoms with Crippen LogP contribution in [0.3, 0.4) is 0 Å². The van der Waals surface area contributed by atoms with Crippen LogP contribution in [0.15, 0.2) is 34.2 Å². The van der Waals surface area contributed by atoms with Crippen LogP contribution in [0.5, 0.6) is 0 Å². The number of aliphatic imine (C=N–C) groups is 1. The molecule has 1 amide bonds. The van der Waals surface area contributed by atoms with Crippen molar-refractivity contribution in [1.29, 1.82) is 0 Å². The van der Waals surface area contributed by atoms with Crippen LogP contribution in [0.25, 0.3) is 0 Å². The van der Waals surface area contributed by atoms with Crippen molar-refractivity contribution in [3.05, 3.63) is 30.1 Å². The standard InChI is InChI=1S/C17H25FN4OS/c1-2-19-17(21-10-9-20-16(23)13-3-4-13)22-11-12-24-15-7-5-14(18)6-8-15/h5-8,13H,2-4,9-12H2,1H3,(H,20,23)(H2,19,21,22). The van der Waals surface area contributed by atoms with Gasteiger partial charge in [-0.25, -0.2) is 4.39 Å². The highest BCUT2D eigenvalue weighted by atomic mass is 32.2. The number of amides is 1. The van der Waals surface area contributed by atoms with Gasteiger partial charge in [-0.15, -0.1) is 11.8 Å². The molecule has 0 spiro atoms. The molecule has 3 N–H and O–H groups in total. The summed E-state index contributed by atoms with van der Waals surface area (Å²) in [6.07, 6.45) is 2.04. The van der Waals surface area contributed by atoms with Crippen molar-refractivity contribution >= 4 is 23.6 Å². The van der Waals surface area contributed by atoms with Gasteiger partial charge in [-0.05, 0) is 44.0 Å². The van der Waals surface area contributed by atoms with Gasteiger partial charge in [0, 0.05) is 36.2 Å². The first-order valence-electron chi connectivity index (χ1n) is 8.37. The van der Waals surface area contributed by atoms with E-state index >= 15 is 0 Å². The summed E-state index contributed by atoms with van der Waals surface area (Å²) in [4.78, 5) is 17.0. The fourth-order valence-corrected chi connectivity index (χ4v) is 2.82. The quantitative estimate of drug-likeness (QED) is 0.275. The van der Waals surface area contributed by atoms with Crippen molar-refractivity contribution in [2.45, 2.75) is 24.7 Å². The number of nitrogens with one attached hydrogen (secondary N) is 3. The molecule has 0 radical (unpaired) electrons. The summed E-state index contributed by atoms with van der Waals surface area (Å²) in [7, 11) is 0. The molecule has 1 aliphatic rings. The second kappa shape index (κ2) is 10.2. The zero-order valence-corrected chi connectivity index (χ0v) is 14.8. The van der Waals surface area contributed by atoms with E-state index in [4.69, 9.17) is 0 Å². The first kappa shape index (κ1) is 18.6. The van der Waals surface area contributed by atoms with Gasteiger partial charge in [-0.2, -0.15) is 0 Å². The lowest BCUT2D eigenvalue weighted by atomic mass is 10.4. The Bertz CT molecular complexity index is 546. The van der Waals surface area contributed by atoms with Crippen LogP contribution in [0, 0.1) is 11.7 Å². The Labute approximate surface area is 146 Å². The molecule has 0 aliphatic heterocycles. The molecule has 132 valence electrons. The number of hydrogen-bond donors (Lipinski definition) is 3. The molecule has 1 fully saturated rings. The summed E-state index contributed by atoms with van der Waals surface area (Å²) in [5, 5.41) is 9.34. The Kier molecular flexibility index (Phi) is 7.88. The molecule has 2 rings (SSSR count). The maximum atomic E-state index is 12.8. The number of hydrogen-bond acceptors (Lipinski definition) is 3. The van der Waals surface area contributed by atoms with E-state index in [1.165, 1.54) is 12.1 Å². The van der Waals surface area contributed by atoms with Crippen molar-refractivity contribution in [2.75, 3.05) is 31.9 Å². The van der Waals surface area contributed by atoms with Crippen LogP contribution >= 0.6 is 11.8 Å². The first-order chi connectivity index (χ1) is 11.7. The summed E-state index contributed by atoms with van der Waals surface area (Å²) in [5.41, 5.74) is 0. The molecule has 5 nitrogen and oxygen atoms in total. The number of nitrogens with zero attached hydrogens (tertiary/aromatic N) is 1. The Balaban J connectivity index is 1.62. The van der Waals surface area contributed by atoms with Crippen molar-refractivity contribution in [2.24, 2.45) is 10.9 Å². The van der Waals surface area contributed by atoms with Gasteiger partial charge in [0.2, 0.25) is 5.91 Å². The van der Waals surface area contributed by atoms with Crippen LogP contribution in [-0.2, 0) is 4.79 Å². The average Bonchev–Trinajstić information content (AvgIpc) is 3.41. The Morgan fingerprint density at radius 2 is 1.96 bits per heavy atom. The second-order valence-electron chi connectivity index (χ2n) is 5.56. The molecule has 0 bridgehead atoms. The van der Waals surface area contributed by atoms with Gasteiger partial charge in [-0.3, -0.25) is 9.79 Å². The molecule has 0 saturated heterocycles. The molecule has 7 heteroatoms. The largest absolute Gasteiger partial charge is 0.357 e. The van der Waals surface area contributed by atoms with E-state index < -0.39 is 0 Å². The number of carbonyl (C=O) groups is 1. The normalized spacial score (nSPS) is 14.3. The van der Waals surface area contributed by atoms with Crippen LogP contribution in [0.1, 0.15) is 19.8 Å². The SMILES string of the molecule is CCNC(=NCCNC(=O)C1CC1)NCCSc1ccc(F)cc1. The smallest absolute Gasteiger partial charge is 0.223 e. The minimum atomic E-state index is -0.215. The van der Waals surface area contributed by atoms with E-state index in [-0.39, 0.29) is 17.6 Å². The maximum absolute atomic E-state index is 12.8. The Morgan fingerprint density at radius 1 is 1.21 bits per heavy atom. The minimum absolute atomic E-state index is 0.152. The lowest BCUT2D eigenvalue weighted by molar-refractivity contribution is -0.122. The molecule has 1 aromatic rings. The third-order valence-corrected chi connectivity index (χ3v) is 4.46. The van der Waals surface area contributed by atoms with Crippen LogP contribution in [0.4, 0.5) is 4.39 Å².